The molecule has 1 unspecified atom stereocenters. The van der Waals surface area contributed by atoms with Crippen molar-refractivity contribution >= 4 is 39.7 Å². The molecule has 0 bridgehead atoms. The number of carbonyl (C=O) groups is 1. The predicted octanol–water partition coefficient (Wildman–Crippen LogP) is 3.64. The third-order valence-corrected chi connectivity index (χ3v) is 6.42. The zero-order valence-corrected chi connectivity index (χ0v) is 16.9. The molecule has 0 aliphatic carbocycles. The van der Waals surface area contributed by atoms with Crippen LogP contribution in [0.4, 0.5) is 5.13 Å². The van der Waals surface area contributed by atoms with Crippen molar-refractivity contribution in [3.63, 3.8) is 0 Å². The summed E-state index contributed by atoms with van der Waals surface area (Å²) in [5.74, 6) is -0.0977. The summed E-state index contributed by atoms with van der Waals surface area (Å²) in [6, 6.07) is 7.99. The smallest absolute Gasteiger partial charge is 0.240 e. The van der Waals surface area contributed by atoms with Crippen LogP contribution in [-0.2, 0) is 9.53 Å². The lowest BCUT2D eigenvalue weighted by molar-refractivity contribution is -0.130. The molecule has 1 aromatic carbocycles. The SMILES string of the molecule is CC(=O)N1N=C(c2ccc(C)cc2)CC1c1sc(N2CCOCC2)nc1Cl. The Hall–Kier alpha value is -1.96. The fourth-order valence-electron chi connectivity index (χ4n) is 3.32. The van der Waals surface area contributed by atoms with E-state index < -0.39 is 0 Å². The molecule has 2 aromatic rings. The van der Waals surface area contributed by atoms with Gasteiger partial charge < -0.3 is 9.64 Å². The van der Waals surface area contributed by atoms with Crippen LogP contribution in [-0.4, -0.2) is 47.9 Å². The average molecular weight is 405 g/mol. The first kappa shape index (κ1) is 18.4. The Labute approximate surface area is 167 Å². The van der Waals surface area contributed by atoms with Crippen molar-refractivity contribution in [3.05, 3.63) is 45.4 Å². The second kappa shape index (κ2) is 7.58. The Morgan fingerprint density at radius 2 is 1.96 bits per heavy atom. The summed E-state index contributed by atoms with van der Waals surface area (Å²) in [7, 11) is 0. The molecule has 2 aliphatic heterocycles. The molecule has 0 N–H and O–H groups in total. The number of amides is 1. The van der Waals surface area contributed by atoms with Crippen LogP contribution in [0, 0.1) is 6.92 Å². The van der Waals surface area contributed by atoms with Gasteiger partial charge in [0, 0.05) is 26.4 Å². The van der Waals surface area contributed by atoms with Crippen molar-refractivity contribution in [2.75, 3.05) is 31.2 Å². The number of halogens is 1. The Kier molecular flexibility index (Phi) is 5.16. The summed E-state index contributed by atoms with van der Waals surface area (Å²) < 4.78 is 5.41. The second-order valence-corrected chi connectivity index (χ2v) is 8.11. The molecular weight excluding hydrogens is 384 g/mol. The van der Waals surface area contributed by atoms with Crippen LogP contribution in [0.25, 0.3) is 0 Å². The van der Waals surface area contributed by atoms with E-state index in [0.717, 1.165) is 34.4 Å². The highest BCUT2D eigenvalue weighted by Gasteiger charge is 2.35. The molecule has 0 saturated carbocycles. The molecule has 27 heavy (non-hydrogen) atoms. The van der Waals surface area contributed by atoms with Gasteiger partial charge in [0.25, 0.3) is 0 Å². The van der Waals surface area contributed by atoms with Crippen LogP contribution in [0.1, 0.15) is 35.4 Å². The number of benzene rings is 1. The summed E-state index contributed by atoms with van der Waals surface area (Å²) >= 11 is 8.03. The standard InChI is InChI=1S/C19H21ClN4O2S/c1-12-3-5-14(6-4-12)15-11-16(24(22-15)13(2)25)17-18(20)21-19(27-17)23-7-9-26-10-8-23/h3-6,16H,7-11H2,1-2H3. The summed E-state index contributed by atoms with van der Waals surface area (Å²) in [5, 5.41) is 7.47. The maximum Gasteiger partial charge on any atom is 0.240 e. The minimum absolute atomic E-state index is 0.0977. The van der Waals surface area contributed by atoms with Gasteiger partial charge in [-0.05, 0) is 12.5 Å². The van der Waals surface area contributed by atoms with E-state index in [0.29, 0.717) is 24.8 Å². The van der Waals surface area contributed by atoms with E-state index in [-0.39, 0.29) is 11.9 Å². The second-order valence-electron chi connectivity index (χ2n) is 6.75. The van der Waals surface area contributed by atoms with Crippen LogP contribution in [0.3, 0.4) is 0 Å². The van der Waals surface area contributed by atoms with Gasteiger partial charge in [-0.3, -0.25) is 4.79 Å². The number of hydrogen-bond acceptors (Lipinski definition) is 6. The molecule has 3 heterocycles. The quantitative estimate of drug-likeness (QED) is 0.783. The number of morpholine rings is 1. The molecule has 1 aromatic heterocycles. The normalized spacial score (nSPS) is 20.1. The van der Waals surface area contributed by atoms with E-state index in [4.69, 9.17) is 16.3 Å². The number of ether oxygens (including phenoxy) is 1. The lowest BCUT2D eigenvalue weighted by Gasteiger charge is -2.26. The Balaban J connectivity index is 1.62. The van der Waals surface area contributed by atoms with Crippen LogP contribution in [0.2, 0.25) is 5.15 Å². The van der Waals surface area contributed by atoms with Crippen LogP contribution in [0.15, 0.2) is 29.4 Å². The number of nitrogens with zero attached hydrogens (tertiary/aromatic N) is 4. The van der Waals surface area contributed by atoms with Crippen molar-refractivity contribution in [2.24, 2.45) is 5.10 Å². The fraction of sp³-hybridized carbons (Fsp3) is 0.421. The highest BCUT2D eigenvalue weighted by atomic mass is 35.5. The van der Waals surface area contributed by atoms with Crippen molar-refractivity contribution < 1.29 is 9.53 Å². The summed E-state index contributed by atoms with van der Waals surface area (Å²) in [5.41, 5.74) is 3.12. The number of carbonyl (C=O) groups excluding carboxylic acids is 1. The van der Waals surface area contributed by atoms with Gasteiger partial charge in [0.05, 0.1) is 29.8 Å². The van der Waals surface area contributed by atoms with Gasteiger partial charge in [0.1, 0.15) is 5.15 Å². The summed E-state index contributed by atoms with van der Waals surface area (Å²) in [4.78, 5) is 19.8. The maximum absolute atomic E-state index is 12.2. The van der Waals surface area contributed by atoms with Gasteiger partial charge in [0.15, 0.2) is 5.13 Å². The molecule has 1 atom stereocenters. The van der Waals surface area contributed by atoms with Crippen molar-refractivity contribution in [2.45, 2.75) is 26.3 Å². The van der Waals surface area contributed by atoms with Crippen LogP contribution >= 0.6 is 22.9 Å². The van der Waals surface area contributed by atoms with E-state index in [1.807, 2.05) is 12.1 Å². The average Bonchev–Trinajstić information content (AvgIpc) is 3.27. The zero-order valence-electron chi connectivity index (χ0n) is 15.3. The number of aryl methyl sites for hydroxylation is 1. The van der Waals surface area contributed by atoms with Gasteiger partial charge in [-0.1, -0.05) is 52.8 Å². The Morgan fingerprint density at radius 1 is 1.26 bits per heavy atom. The van der Waals surface area contributed by atoms with Crippen LogP contribution < -0.4 is 4.90 Å². The van der Waals surface area contributed by atoms with Crippen LogP contribution in [0.5, 0.6) is 0 Å². The number of hydrogen-bond donors (Lipinski definition) is 0. The molecular formula is C19H21ClN4O2S. The first-order valence-corrected chi connectivity index (χ1v) is 10.2. The van der Waals surface area contributed by atoms with Crippen molar-refractivity contribution in [3.8, 4) is 0 Å². The minimum Gasteiger partial charge on any atom is -0.378 e. The van der Waals surface area contributed by atoms with Crippen molar-refractivity contribution in [1.29, 1.82) is 0 Å². The van der Waals surface area contributed by atoms with Gasteiger partial charge in [0.2, 0.25) is 5.91 Å². The molecule has 4 rings (SSSR count). The lowest BCUT2D eigenvalue weighted by Crippen LogP contribution is -2.36. The molecule has 2 aliphatic rings. The largest absolute Gasteiger partial charge is 0.378 e. The van der Waals surface area contributed by atoms with Crippen molar-refractivity contribution in [1.82, 2.24) is 9.99 Å². The zero-order chi connectivity index (χ0) is 19.0. The molecule has 1 saturated heterocycles. The van der Waals surface area contributed by atoms with E-state index in [2.05, 4.69) is 34.0 Å². The number of rotatable bonds is 3. The first-order chi connectivity index (χ1) is 13.0. The summed E-state index contributed by atoms with van der Waals surface area (Å²) in [6.07, 6.45) is 0.632. The lowest BCUT2D eigenvalue weighted by atomic mass is 10.0. The van der Waals surface area contributed by atoms with E-state index in [1.54, 1.807) is 11.3 Å². The number of thiazole rings is 1. The minimum atomic E-state index is -0.210. The summed E-state index contributed by atoms with van der Waals surface area (Å²) in [6.45, 7) is 6.57. The molecule has 142 valence electrons. The predicted molar refractivity (Wildman–Crippen MR) is 108 cm³/mol. The highest BCUT2D eigenvalue weighted by molar-refractivity contribution is 7.16. The third-order valence-electron chi connectivity index (χ3n) is 4.80. The molecule has 8 heteroatoms. The highest BCUT2D eigenvalue weighted by Crippen LogP contribution is 2.42. The van der Waals surface area contributed by atoms with E-state index >= 15 is 0 Å². The molecule has 0 radical (unpaired) electrons. The number of aromatic nitrogens is 1. The third kappa shape index (κ3) is 3.72. The maximum atomic E-state index is 12.2. The molecule has 6 nitrogen and oxygen atoms in total. The Morgan fingerprint density at radius 3 is 2.63 bits per heavy atom. The Bertz CT molecular complexity index is 874. The van der Waals surface area contributed by atoms with Gasteiger partial charge in [-0.2, -0.15) is 5.10 Å². The molecule has 1 amide bonds. The van der Waals surface area contributed by atoms with Gasteiger partial charge in [-0.25, -0.2) is 9.99 Å². The van der Waals surface area contributed by atoms with E-state index in [1.165, 1.54) is 17.5 Å². The molecule has 0 spiro atoms. The number of anilines is 1. The van der Waals surface area contributed by atoms with E-state index in [9.17, 15) is 4.79 Å². The number of hydrazone groups is 1. The first-order valence-electron chi connectivity index (χ1n) is 8.96. The van der Waals surface area contributed by atoms with Gasteiger partial charge in [-0.15, -0.1) is 0 Å². The van der Waals surface area contributed by atoms with Gasteiger partial charge >= 0.3 is 0 Å². The fourth-order valence-corrected chi connectivity index (χ4v) is 4.79. The molecule has 1 fully saturated rings. The monoisotopic (exact) mass is 404 g/mol. The topological polar surface area (TPSA) is 58.0 Å².